The van der Waals surface area contributed by atoms with Gasteiger partial charge in [-0.25, -0.2) is 0 Å². The van der Waals surface area contributed by atoms with E-state index in [0.717, 1.165) is 15.8 Å². The summed E-state index contributed by atoms with van der Waals surface area (Å²) < 4.78 is 11.3. The Kier molecular flexibility index (Phi) is 3.28. The van der Waals surface area contributed by atoms with Gasteiger partial charge in [-0.3, -0.25) is 0 Å². The van der Waals surface area contributed by atoms with Crippen LogP contribution in [0.4, 0.5) is 0 Å². The molecule has 3 rings (SSSR count). The van der Waals surface area contributed by atoms with Crippen LogP contribution in [-0.4, -0.2) is 28.5 Å². The van der Waals surface area contributed by atoms with E-state index in [9.17, 15) is 5.11 Å². The lowest BCUT2D eigenvalue weighted by Crippen LogP contribution is -2.26. The molecule has 1 saturated carbocycles. The van der Waals surface area contributed by atoms with Crippen LogP contribution in [0.5, 0.6) is 5.75 Å². The van der Waals surface area contributed by atoms with Gasteiger partial charge in [0, 0.05) is 11.5 Å². The molecule has 0 aliphatic heterocycles. The molecule has 100 valence electrons. The molecule has 1 aliphatic rings. The molecule has 0 bridgehead atoms. The number of methoxy groups -OCH3 is 1. The summed E-state index contributed by atoms with van der Waals surface area (Å²) in [7, 11) is 1.62. The van der Waals surface area contributed by atoms with Crippen LogP contribution in [0.3, 0.4) is 0 Å². The van der Waals surface area contributed by atoms with Crippen LogP contribution in [0.25, 0.3) is 11.4 Å². The predicted molar refractivity (Wildman–Crippen MR) is 72.0 cm³/mol. The quantitative estimate of drug-likeness (QED) is 0.940. The molecule has 0 saturated heterocycles. The first-order valence-electron chi connectivity index (χ1n) is 6.03. The van der Waals surface area contributed by atoms with Crippen molar-refractivity contribution in [3.05, 3.63) is 28.6 Å². The molecule has 2 aromatic rings. The minimum Gasteiger partial charge on any atom is -0.496 e. The van der Waals surface area contributed by atoms with E-state index in [2.05, 4.69) is 26.1 Å². The third kappa shape index (κ3) is 2.37. The SMILES string of the molecule is COc1ccc(-c2noc(C3CC(O)C3)n2)cc1Br. The molecule has 1 aromatic heterocycles. The lowest BCUT2D eigenvalue weighted by atomic mass is 9.82. The molecule has 1 aliphatic carbocycles. The number of hydrogen-bond donors (Lipinski definition) is 1. The van der Waals surface area contributed by atoms with Crippen LogP contribution in [0, 0.1) is 0 Å². The molecule has 19 heavy (non-hydrogen) atoms. The van der Waals surface area contributed by atoms with Crippen LogP contribution in [0.15, 0.2) is 27.2 Å². The summed E-state index contributed by atoms with van der Waals surface area (Å²) in [6, 6.07) is 5.62. The first-order chi connectivity index (χ1) is 9.17. The van der Waals surface area contributed by atoms with Gasteiger partial charge in [0.15, 0.2) is 0 Å². The molecule has 0 unspecified atom stereocenters. The number of aromatic nitrogens is 2. The maximum atomic E-state index is 9.29. The fraction of sp³-hybridized carbons (Fsp3) is 0.385. The van der Waals surface area contributed by atoms with Gasteiger partial charge in [0.05, 0.1) is 17.7 Å². The fourth-order valence-electron chi connectivity index (χ4n) is 2.11. The normalized spacial score (nSPS) is 22.1. The number of benzene rings is 1. The highest BCUT2D eigenvalue weighted by molar-refractivity contribution is 9.10. The van der Waals surface area contributed by atoms with E-state index in [0.29, 0.717) is 24.6 Å². The van der Waals surface area contributed by atoms with Crippen LogP contribution >= 0.6 is 15.9 Å². The summed E-state index contributed by atoms with van der Waals surface area (Å²) in [6.45, 7) is 0. The van der Waals surface area contributed by atoms with Crippen molar-refractivity contribution in [2.24, 2.45) is 0 Å². The number of aliphatic hydroxyl groups excluding tert-OH is 1. The highest BCUT2D eigenvalue weighted by atomic mass is 79.9. The van der Waals surface area contributed by atoms with E-state index in [1.165, 1.54) is 0 Å². The summed E-state index contributed by atoms with van der Waals surface area (Å²) in [5, 5.41) is 13.3. The average molecular weight is 325 g/mol. The van der Waals surface area contributed by atoms with E-state index < -0.39 is 0 Å². The van der Waals surface area contributed by atoms with Gasteiger partial charge in [-0.05, 0) is 47.0 Å². The highest BCUT2D eigenvalue weighted by Gasteiger charge is 2.33. The van der Waals surface area contributed by atoms with Gasteiger partial charge in [-0.15, -0.1) is 0 Å². The van der Waals surface area contributed by atoms with Gasteiger partial charge in [0.2, 0.25) is 11.7 Å². The molecule has 0 spiro atoms. The van der Waals surface area contributed by atoms with Crippen molar-refractivity contribution in [1.82, 2.24) is 10.1 Å². The standard InChI is InChI=1S/C13H13BrN2O3/c1-18-11-3-2-7(6-10(11)14)12-15-13(19-16-12)8-4-9(17)5-8/h2-3,6,8-9,17H,4-5H2,1H3. The summed E-state index contributed by atoms with van der Waals surface area (Å²) in [5.74, 6) is 2.11. The molecule has 5 nitrogen and oxygen atoms in total. The Morgan fingerprint density at radius 3 is 2.84 bits per heavy atom. The largest absolute Gasteiger partial charge is 0.496 e. The van der Waals surface area contributed by atoms with Gasteiger partial charge in [-0.1, -0.05) is 5.16 Å². The van der Waals surface area contributed by atoms with Crippen LogP contribution in [0.1, 0.15) is 24.7 Å². The zero-order valence-corrected chi connectivity index (χ0v) is 11.9. The first kappa shape index (κ1) is 12.6. The number of rotatable bonds is 3. The first-order valence-corrected chi connectivity index (χ1v) is 6.82. The molecule has 1 N–H and O–H groups in total. The smallest absolute Gasteiger partial charge is 0.230 e. The van der Waals surface area contributed by atoms with Crippen molar-refractivity contribution < 1.29 is 14.4 Å². The molecule has 1 fully saturated rings. The topological polar surface area (TPSA) is 68.4 Å². The molecular weight excluding hydrogens is 312 g/mol. The summed E-state index contributed by atoms with van der Waals surface area (Å²) >= 11 is 3.43. The maximum absolute atomic E-state index is 9.29. The Morgan fingerprint density at radius 2 is 2.21 bits per heavy atom. The molecule has 0 amide bonds. The van der Waals surface area contributed by atoms with Gasteiger partial charge < -0.3 is 14.4 Å². The fourth-order valence-corrected chi connectivity index (χ4v) is 2.65. The lowest BCUT2D eigenvalue weighted by molar-refractivity contribution is 0.0625. The highest BCUT2D eigenvalue weighted by Crippen LogP contribution is 2.37. The van der Waals surface area contributed by atoms with Gasteiger partial charge in [-0.2, -0.15) is 4.98 Å². The Balaban J connectivity index is 1.84. The Labute approximate surface area is 118 Å². The van der Waals surface area contributed by atoms with Crippen LogP contribution < -0.4 is 4.74 Å². The molecule has 0 atom stereocenters. The van der Waals surface area contributed by atoms with Gasteiger partial charge in [0.1, 0.15) is 5.75 Å². The van der Waals surface area contributed by atoms with Gasteiger partial charge >= 0.3 is 0 Å². The lowest BCUT2D eigenvalue weighted by Gasteiger charge is -2.27. The molecule has 6 heteroatoms. The van der Waals surface area contributed by atoms with Crippen molar-refractivity contribution in [2.45, 2.75) is 24.9 Å². The van der Waals surface area contributed by atoms with Crippen molar-refractivity contribution in [1.29, 1.82) is 0 Å². The zero-order chi connectivity index (χ0) is 13.4. The second-order valence-electron chi connectivity index (χ2n) is 4.63. The number of ether oxygens (including phenoxy) is 1. The van der Waals surface area contributed by atoms with E-state index in [-0.39, 0.29) is 12.0 Å². The number of nitrogens with zero attached hydrogens (tertiary/aromatic N) is 2. The summed E-state index contributed by atoms with van der Waals surface area (Å²) in [5.41, 5.74) is 0.863. The average Bonchev–Trinajstić information content (AvgIpc) is 2.84. The third-order valence-corrected chi connectivity index (χ3v) is 3.93. The van der Waals surface area contributed by atoms with Crippen LogP contribution in [-0.2, 0) is 0 Å². The number of halogens is 1. The Hall–Kier alpha value is -1.40. The Bertz CT molecular complexity index is 593. The third-order valence-electron chi connectivity index (χ3n) is 3.31. The van der Waals surface area contributed by atoms with Crippen LogP contribution in [0.2, 0.25) is 0 Å². The van der Waals surface area contributed by atoms with Crippen molar-refractivity contribution in [3.63, 3.8) is 0 Å². The monoisotopic (exact) mass is 324 g/mol. The number of hydrogen-bond acceptors (Lipinski definition) is 5. The van der Waals surface area contributed by atoms with E-state index in [4.69, 9.17) is 9.26 Å². The molecular formula is C13H13BrN2O3. The van der Waals surface area contributed by atoms with Crippen molar-refractivity contribution in [2.75, 3.05) is 7.11 Å². The van der Waals surface area contributed by atoms with E-state index in [1.54, 1.807) is 7.11 Å². The predicted octanol–water partition coefficient (Wildman–Crippen LogP) is 2.75. The summed E-state index contributed by atoms with van der Waals surface area (Å²) in [4.78, 5) is 4.38. The molecule has 1 aromatic carbocycles. The molecule has 1 heterocycles. The Morgan fingerprint density at radius 1 is 1.42 bits per heavy atom. The second kappa shape index (κ2) is 4.94. The van der Waals surface area contributed by atoms with E-state index in [1.807, 2.05) is 18.2 Å². The van der Waals surface area contributed by atoms with Gasteiger partial charge in [0.25, 0.3) is 0 Å². The summed E-state index contributed by atoms with van der Waals surface area (Å²) in [6.07, 6.45) is 1.18. The number of aliphatic hydroxyl groups is 1. The molecule has 0 radical (unpaired) electrons. The van der Waals surface area contributed by atoms with Crippen molar-refractivity contribution in [3.8, 4) is 17.1 Å². The minimum atomic E-state index is -0.226. The zero-order valence-electron chi connectivity index (χ0n) is 10.3. The second-order valence-corrected chi connectivity index (χ2v) is 5.48. The van der Waals surface area contributed by atoms with E-state index >= 15 is 0 Å². The van der Waals surface area contributed by atoms with Crippen molar-refractivity contribution >= 4 is 15.9 Å². The minimum absolute atomic E-state index is 0.193. The maximum Gasteiger partial charge on any atom is 0.230 e.